The van der Waals surface area contributed by atoms with Crippen molar-refractivity contribution in [2.45, 2.75) is 37.6 Å². The molecule has 0 atom stereocenters. The highest BCUT2D eigenvalue weighted by Crippen LogP contribution is 2.36. The van der Waals surface area contributed by atoms with E-state index in [9.17, 15) is 0 Å². The minimum absolute atomic E-state index is 0.202. The first-order valence-corrected chi connectivity index (χ1v) is 8.58. The third-order valence-corrected chi connectivity index (χ3v) is 4.65. The fourth-order valence-corrected chi connectivity index (χ4v) is 4.19. The van der Waals surface area contributed by atoms with Gasteiger partial charge in [-0.15, -0.1) is 0 Å². The average Bonchev–Trinajstić information content (AvgIpc) is 2.32. The van der Waals surface area contributed by atoms with E-state index < -0.39 is 8.99 Å². The van der Waals surface area contributed by atoms with E-state index in [1.165, 1.54) is 37.7 Å². The summed E-state index contributed by atoms with van der Waals surface area (Å²) in [6.45, 7) is 0. The lowest BCUT2D eigenvalue weighted by atomic mass is 9.77. The predicted octanol–water partition coefficient (Wildman–Crippen LogP) is 2.67. The van der Waals surface area contributed by atoms with Gasteiger partial charge in [0.15, 0.2) is 8.99 Å². The molecule has 0 bridgehead atoms. The summed E-state index contributed by atoms with van der Waals surface area (Å²) >= 11 is 6.00. The first kappa shape index (κ1) is 11.2. The molecule has 1 nitrogen and oxygen atoms in total. The van der Waals surface area contributed by atoms with E-state index >= 15 is 0 Å². The van der Waals surface area contributed by atoms with Gasteiger partial charge in [0.25, 0.3) is 0 Å². The second kappa shape index (κ2) is 5.15. The topological polar surface area (TPSA) is 12.0 Å². The SMILES string of the molecule is Cl[SiH2]NC1(c2ccccc2)CCCCC1. The van der Waals surface area contributed by atoms with Crippen molar-refractivity contribution >= 4 is 20.1 Å². The third kappa shape index (κ3) is 2.44. The molecule has 0 unspecified atom stereocenters. The molecule has 1 aliphatic rings. The normalized spacial score (nSPS) is 20.9. The summed E-state index contributed by atoms with van der Waals surface area (Å²) in [4.78, 5) is 3.62. The minimum atomic E-state index is -0.609. The van der Waals surface area contributed by atoms with Gasteiger partial charge in [0, 0.05) is 5.54 Å². The Balaban J connectivity index is 2.25. The second-order valence-corrected chi connectivity index (χ2v) is 5.74. The van der Waals surface area contributed by atoms with Crippen LogP contribution < -0.4 is 4.98 Å². The van der Waals surface area contributed by atoms with E-state index in [2.05, 4.69) is 35.3 Å². The van der Waals surface area contributed by atoms with Crippen molar-refractivity contribution in [1.82, 2.24) is 4.98 Å². The zero-order valence-electron chi connectivity index (χ0n) is 9.01. The molecule has 3 heteroatoms. The molecule has 1 N–H and O–H groups in total. The van der Waals surface area contributed by atoms with E-state index in [4.69, 9.17) is 11.1 Å². The summed E-state index contributed by atoms with van der Waals surface area (Å²) in [5.41, 5.74) is 1.63. The maximum Gasteiger partial charge on any atom is 0.196 e. The highest BCUT2D eigenvalue weighted by molar-refractivity contribution is 6.92. The molecule has 0 heterocycles. The summed E-state index contributed by atoms with van der Waals surface area (Å²) in [6.07, 6.45) is 6.52. The van der Waals surface area contributed by atoms with Crippen molar-refractivity contribution < 1.29 is 0 Å². The fraction of sp³-hybridized carbons (Fsp3) is 0.500. The Labute approximate surface area is 98.8 Å². The van der Waals surface area contributed by atoms with Gasteiger partial charge in [-0.05, 0) is 18.4 Å². The molecule has 0 spiro atoms. The van der Waals surface area contributed by atoms with Gasteiger partial charge in [-0.3, -0.25) is 0 Å². The lowest BCUT2D eigenvalue weighted by Gasteiger charge is -2.38. The lowest BCUT2D eigenvalue weighted by molar-refractivity contribution is 0.276. The van der Waals surface area contributed by atoms with Gasteiger partial charge >= 0.3 is 0 Å². The number of nitrogens with one attached hydrogen (secondary N) is 1. The van der Waals surface area contributed by atoms with Crippen LogP contribution in [0.15, 0.2) is 30.3 Å². The van der Waals surface area contributed by atoms with Crippen LogP contribution in [0, 0.1) is 0 Å². The van der Waals surface area contributed by atoms with Crippen LogP contribution in [0.2, 0.25) is 0 Å². The molecule has 1 saturated carbocycles. The van der Waals surface area contributed by atoms with Crippen molar-refractivity contribution in [3.63, 3.8) is 0 Å². The molecule has 0 aliphatic heterocycles. The average molecular weight is 240 g/mol. The Morgan fingerprint density at radius 2 is 1.73 bits per heavy atom. The van der Waals surface area contributed by atoms with Gasteiger partial charge in [-0.2, -0.15) is 11.1 Å². The highest BCUT2D eigenvalue weighted by atomic mass is 35.6. The van der Waals surface area contributed by atoms with Crippen LogP contribution in [0.3, 0.4) is 0 Å². The smallest absolute Gasteiger partial charge is 0.196 e. The molecule has 0 radical (unpaired) electrons. The lowest BCUT2D eigenvalue weighted by Crippen LogP contribution is -2.44. The van der Waals surface area contributed by atoms with E-state index in [-0.39, 0.29) is 5.54 Å². The zero-order chi connectivity index (χ0) is 10.6. The number of hydrogen-bond donors (Lipinski definition) is 1. The van der Waals surface area contributed by atoms with E-state index in [0.29, 0.717) is 0 Å². The van der Waals surface area contributed by atoms with Crippen molar-refractivity contribution in [3.8, 4) is 0 Å². The zero-order valence-corrected chi connectivity index (χ0v) is 11.2. The monoisotopic (exact) mass is 239 g/mol. The van der Waals surface area contributed by atoms with Crippen LogP contribution in [-0.4, -0.2) is 8.99 Å². The standard InChI is InChI=1S/C12H18ClNSi/c13-15-14-12(9-5-2-6-10-12)11-7-3-1-4-8-11/h1,3-4,7-8,14H,2,5-6,9-10,15H2. The van der Waals surface area contributed by atoms with Crippen molar-refractivity contribution in [2.24, 2.45) is 0 Å². The number of halogens is 1. The van der Waals surface area contributed by atoms with Crippen LogP contribution in [0.4, 0.5) is 0 Å². The molecule has 1 fully saturated rings. The Hall–Kier alpha value is -0.313. The Morgan fingerprint density at radius 3 is 2.33 bits per heavy atom. The van der Waals surface area contributed by atoms with E-state index in [1.807, 2.05) is 0 Å². The summed E-state index contributed by atoms with van der Waals surface area (Å²) in [6, 6.07) is 10.8. The largest absolute Gasteiger partial charge is 0.321 e. The maximum atomic E-state index is 6.00. The van der Waals surface area contributed by atoms with Crippen LogP contribution >= 0.6 is 11.1 Å². The molecule has 1 aromatic carbocycles. The Bertz CT molecular complexity index is 290. The number of benzene rings is 1. The molecule has 0 amide bonds. The predicted molar refractivity (Wildman–Crippen MR) is 68.7 cm³/mol. The molecular formula is C12H18ClNSi. The van der Waals surface area contributed by atoms with Crippen LogP contribution in [0.1, 0.15) is 37.7 Å². The quantitative estimate of drug-likeness (QED) is 0.632. The summed E-state index contributed by atoms with van der Waals surface area (Å²) in [7, 11) is -0.609. The second-order valence-electron chi connectivity index (χ2n) is 4.32. The van der Waals surface area contributed by atoms with Crippen molar-refractivity contribution in [2.75, 3.05) is 0 Å². The molecule has 15 heavy (non-hydrogen) atoms. The van der Waals surface area contributed by atoms with Crippen molar-refractivity contribution in [1.29, 1.82) is 0 Å². The number of rotatable bonds is 3. The maximum absolute atomic E-state index is 6.00. The summed E-state index contributed by atoms with van der Waals surface area (Å²) < 4.78 is 0. The molecule has 0 saturated heterocycles. The first-order valence-electron chi connectivity index (χ1n) is 5.74. The van der Waals surface area contributed by atoms with Crippen LogP contribution in [0.25, 0.3) is 0 Å². The van der Waals surface area contributed by atoms with Gasteiger partial charge in [-0.1, -0.05) is 49.6 Å². The van der Waals surface area contributed by atoms with Gasteiger partial charge in [0.1, 0.15) is 0 Å². The summed E-state index contributed by atoms with van der Waals surface area (Å²) in [5, 5.41) is 0. The minimum Gasteiger partial charge on any atom is -0.321 e. The summed E-state index contributed by atoms with van der Waals surface area (Å²) in [5.74, 6) is 0. The first-order chi connectivity index (χ1) is 7.37. The fourth-order valence-electron chi connectivity index (χ4n) is 2.61. The Morgan fingerprint density at radius 1 is 1.07 bits per heavy atom. The van der Waals surface area contributed by atoms with Crippen LogP contribution in [0.5, 0.6) is 0 Å². The Kier molecular flexibility index (Phi) is 3.84. The molecular weight excluding hydrogens is 222 g/mol. The highest BCUT2D eigenvalue weighted by Gasteiger charge is 2.32. The van der Waals surface area contributed by atoms with Gasteiger partial charge in [-0.25, -0.2) is 0 Å². The van der Waals surface area contributed by atoms with Crippen LogP contribution in [-0.2, 0) is 5.54 Å². The molecule has 2 rings (SSSR count). The van der Waals surface area contributed by atoms with Gasteiger partial charge in [0.05, 0.1) is 0 Å². The van der Waals surface area contributed by atoms with E-state index in [1.54, 1.807) is 0 Å². The van der Waals surface area contributed by atoms with E-state index in [0.717, 1.165) is 0 Å². The van der Waals surface area contributed by atoms with Gasteiger partial charge in [0.2, 0.25) is 0 Å². The molecule has 0 aromatic heterocycles. The van der Waals surface area contributed by atoms with Gasteiger partial charge < -0.3 is 4.98 Å². The van der Waals surface area contributed by atoms with Crippen molar-refractivity contribution in [3.05, 3.63) is 35.9 Å². The third-order valence-electron chi connectivity index (χ3n) is 3.44. The molecule has 1 aliphatic carbocycles. The number of hydrogen-bond acceptors (Lipinski definition) is 1. The molecule has 82 valence electrons. The molecule has 1 aromatic rings.